The molecule has 0 N–H and O–H groups in total. The van der Waals surface area contributed by atoms with E-state index in [0.29, 0.717) is 0 Å². The van der Waals surface area contributed by atoms with Crippen molar-refractivity contribution in [2.45, 2.75) is 12.7 Å². The molecule has 2 heteroatoms. The predicted octanol–water partition coefficient (Wildman–Crippen LogP) is 3.31. The Balaban J connectivity index is 2.54. The first-order valence-electron chi connectivity index (χ1n) is 5.29. The third kappa shape index (κ3) is 1.82. The number of methoxy groups -OCH3 is 2. The zero-order valence-electron chi connectivity index (χ0n) is 9.86. The zero-order valence-corrected chi connectivity index (χ0v) is 9.86. The van der Waals surface area contributed by atoms with Crippen LogP contribution in [0.2, 0.25) is 0 Å². The Bertz CT molecular complexity index is 487. The van der Waals surface area contributed by atoms with E-state index in [1.54, 1.807) is 14.2 Å². The average molecular weight is 216 g/mol. The van der Waals surface area contributed by atoms with E-state index in [9.17, 15) is 0 Å². The first-order chi connectivity index (χ1) is 7.69. The molecule has 0 amide bonds. The van der Waals surface area contributed by atoms with Gasteiger partial charge in [0.15, 0.2) is 5.79 Å². The molecule has 0 fully saturated rings. The van der Waals surface area contributed by atoms with Crippen LogP contribution in [-0.4, -0.2) is 14.2 Å². The summed E-state index contributed by atoms with van der Waals surface area (Å²) in [7, 11) is 3.30. The van der Waals surface area contributed by atoms with Crippen molar-refractivity contribution in [1.82, 2.24) is 0 Å². The molecule has 2 nitrogen and oxygen atoms in total. The Labute approximate surface area is 95.8 Å². The van der Waals surface area contributed by atoms with E-state index in [1.165, 1.54) is 10.8 Å². The lowest BCUT2D eigenvalue weighted by atomic mass is 10.0. The van der Waals surface area contributed by atoms with Gasteiger partial charge in [0.2, 0.25) is 0 Å². The van der Waals surface area contributed by atoms with Gasteiger partial charge in [0.25, 0.3) is 0 Å². The Morgan fingerprint density at radius 1 is 0.875 bits per heavy atom. The lowest BCUT2D eigenvalue weighted by molar-refractivity contribution is -0.201. The van der Waals surface area contributed by atoms with Crippen molar-refractivity contribution in [2.24, 2.45) is 0 Å². The van der Waals surface area contributed by atoms with Gasteiger partial charge in [-0.15, -0.1) is 0 Å². The maximum atomic E-state index is 5.40. The molecule has 0 aromatic heterocycles. The van der Waals surface area contributed by atoms with Gasteiger partial charge < -0.3 is 9.47 Å². The number of rotatable bonds is 3. The molecule has 0 atom stereocenters. The van der Waals surface area contributed by atoms with E-state index in [2.05, 4.69) is 24.3 Å². The molecule has 2 aromatic carbocycles. The fourth-order valence-electron chi connectivity index (χ4n) is 1.79. The molecule has 84 valence electrons. The summed E-state index contributed by atoms with van der Waals surface area (Å²) in [5, 5.41) is 2.42. The first kappa shape index (κ1) is 11.1. The molecule has 0 saturated heterocycles. The molecule has 16 heavy (non-hydrogen) atoms. The molecule has 0 aliphatic carbocycles. The van der Waals surface area contributed by atoms with E-state index in [-0.39, 0.29) is 0 Å². The van der Waals surface area contributed by atoms with Gasteiger partial charge in [0.1, 0.15) is 0 Å². The summed E-state index contributed by atoms with van der Waals surface area (Å²) >= 11 is 0. The summed E-state index contributed by atoms with van der Waals surface area (Å²) in [6, 6.07) is 14.5. The van der Waals surface area contributed by atoms with Crippen molar-refractivity contribution in [2.75, 3.05) is 14.2 Å². The van der Waals surface area contributed by atoms with Gasteiger partial charge in [-0.25, -0.2) is 0 Å². The fourth-order valence-corrected chi connectivity index (χ4v) is 1.79. The van der Waals surface area contributed by atoms with Crippen LogP contribution >= 0.6 is 0 Å². The Hall–Kier alpha value is -1.38. The highest BCUT2D eigenvalue weighted by atomic mass is 16.7. The second-order valence-corrected chi connectivity index (χ2v) is 3.92. The van der Waals surface area contributed by atoms with Gasteiger partial charge >= 0.3 is 0 Å². The molecule has 0 radical (unpaired) electrons. The number of hydrogen-bond donors (Lipinski definition) is 0. The van der Waals surface area contributed by atoms with Crippen LogP contribution in [0.5, 0.6) is 0 Å². The monoisotopic (exact) mass is 216 g/mol. The van der Waals surface area contributed by atoms with E-state index < -0.39 is 5.79 Å². The van der Waals surface area contributed by atoms with Crippen LogP contribution in [0.15, 0.2) is 42.5 Å². The fraction of sp³-hybridized carbons (Fsp3) is 0.286. The second-order valence-electron chi connectivity index (χ2n) is 3.92. The van der Waals surface area contributed by atoms with E-state index >= 15 is 0 Å². The largest absolute Gasteiger partial charge is 0.349 e. The lowest BCUT2D eigenvalue weighted by Gasteiger charge is -2.27. The molecule has 0 heterocycles. The molecule has 0 aliphatic rings. The molecular formula is C14H16O2. The number of benzene rings is 2. The Kier molecular flexibility index (Phi) is 2.95. The van der Waals surface area contributed by atoms with Gasteiger partial charge in [0.05, 0.1) is 0 Å². The topological polar surface area (TPSA) is 18.5 Å². The van der Waals surface area contributed by atoms with Crippen molar-refractivity contribution >= 4 is 10.8 Å². The van der Waals surface area contributed by atoms with Crippen LogP contribution in [-0.2, 0) is 15.3 Å². The number of ether oxygens (including phenoxy) is 2. The smallest absolute Gasteiger partial charge is 0.191 e. The summed E-state index contributed by atoms with van der Waals surface area (Å²) in [5.41, 5.74) is 1.02. The molecule has 0 saturated carbocycles. The van der Waals surface area contributed by atoms with Crippen molar-refractivity contribution in [3.63, 3.8) is 0 Å². The Morgan fingerprint density at radius 3 is 2.12 bits per heavy atom. The van der Waals surface area contributed by atoms with Crippen LogP contribution < -0.4 is 0 Å². The van der Waals surface area contributed by atoms with Gasteiger partial charge in [-0.1, -0.05) is 36.4 Å². The normalized spacial score (nSPS) is 11.9. The number of hydrogen-bond acceptors (Lipinski definition) is 2. The highest BCUT2D eigenvalue weighted by Gasteiger charge is 2.25. The SMILES string of the molecule is COC(C)(OC)c1ccc2ccccc2c1. The molecule has 2 aromatic rings. The molecule has 0 spiro atoms. The van der Waals surface area contributed by atoms with Crippen molar-refractivity contribution in [1.29, 1.82) is 0 Å². The van der Waals surface area contributed by atoms with Crippen LogP contribution in [0.3, 0.4) is 0 Å². The third-order valence-electron chi connectivity index (χ3n) is 3.05. The summed E-state index contributed by atoms with van der Waals surface area (Å²) < 4.78 is 10.8. The standard InChI is InChI=1S/C14H16O2/c1-14(15-2,16-3)13-9-8-11-6-4-5-7-12(11)10-13/h4-10H,1-3H3. The molecule has 0 aliphatic heterocycles. The van der Waals surface area contributed by atoms with Crippen LogP contribution in [0.1, 0.15) is 12.5 Å². The summed E-state index contributed by atoms with van der Waals surface area (Å²) in [6.45, 7) is 1.91. The minimum Gasteiger partial charge on any atom is -0.349 e. The highest BCUT2D eigenvalue weighted by Crippen LogP contribution is 2.28. The van der Waals surface area contributed by atoms with Gasteiger partial charge in [-0.3, -0.25) is 0 Å². The second kappa shape index (κ2) is 4.24. The molecule has 0 unspecified atom stereocenters. The van der Waals surface area contributed by atoms with Crippen molar-refractivity contribution in [3.05, 3.63) is 48.0 Å². The average Bonchev–Trinajstić information content (AvgIpc) is 2.37. The molecule has 0 bridgehead atoms. The van der Waals surface area contributed by atoms with Crippen molar-refractivity contribution in [3.8, 4) is 0 Å². The maximum absolute atomic E-state index is 5.40. The van der Waals surface area contributed by atoms with Gasteiger partial charge in [-0.2, -0.15) is 0 Å². The van der Waals surface area contributed by atoms with Crippen LogP contribution in [0.25, 0.3) is 10.8 Å². The summed E-state index contributed by atoms with van der Waals surface area (Å²) in [4.78, 5) is 0. The van der Waals surface area contributed by atoms with Crippen LogP contribution in [0, 0.1) is 0 Å². The van der Waals surface area contributed by atoms with Gasteiger partial charge in [0, 0.05) is 19.8 Å². The Morgan fingerprint density at radius 2 is 1.50 bits per heavy atom. The highest BCUT2D eigenvalue weighted by molar-refractivity contribution is 5.83. The minimum absolute atomic E-state index is 0.677. The third-order valence-corrected chi connectivity index (χ3v) is 3.05. The molecule has 2 rings (SSSR count). The lowest BCUT2D eigenvalue weighted by Crippen LogP contribution is -2.26. The quantitative estimate of drug-likeness (QED) is 0.733. The predicted molar refractivity (Wildman–Crippen MR) is 65.3 cm³/mol. The first-order valence-corrected chi connectivity index (χ1v) is 5.29. The summed E-state index contributed by atoms with van der Waals surface area (Å²) in [5.74, 6) is -0.677. The van der Waals surface area contributed by atoms with Gasteiger partial charge in [-0.05, 0) is 23.8 Å². The number of fused-ring (bicyclic) bond motifs is 1. The van der Waals surface area contributed by atoms with E-state index in [1.807, 2.05) is 25.1 Å². The van der Waals surface area contributed by atoms with E-state index in [0.717, 1.165) is 5.56 Å². The zero-order chi connectivity index (χ0) is 11.6. The van der Waals surface area contributed by atoms with Crippen LogP contribution in [0.4, 0.5) is 0 Å². The van der Waals surface area contributed by atoms with Crippen molar-refractivity contribution < 1.29 is 9.47 Å². The minimum atomic E-state index is -0.677. The van der Waals surface area contributed by atoms with E-state index in [4.69, 9.17) is 9.47 Å². The molecular weight excluding hydrogens is 200 g/mol. The summed E-state index contributed by atoms with van der Waals surface area (Å²) in [6.07, 6.45) is 0. The maximum Gasteiger partial charge on any atom is 0.191 e.